The Balaban J connectivity index is 2.66. The molecule has 0 aliphatic heterocycles. The van der Waals surface area contributed by atoms with Crippen LogP contribution >= 0.6 is 27.5 Å². The summed E-state index contributed by atoms with van der Waals surface area (Å²) in [4.78, 5) is 15.5. The number of hydrogen-bond donors (Lipinski definition) is 0. The van der Waals surface area contributed by atoms with Crippen molar-refractivity contribution in [1.29, 1.82) is 0 Å². The number of halogens is 2. The predicted molar refractivity (Wildman–Crippen MR) is 61.7 cm³/mol. The van der Waals surface area contributed by atoms with Crippen LogP contribution in [0.5, 0.6) is 0 Å². The zero-order chi connectivity index (χ0) is 11.7. The van der Waals surface area contributed by atoms with Crippen LogP contribution in [-0.2, 0) is 4.74 Å². The highest BCUT2D eigenvalue weighted by Crippen LogP contribution is 2.25. The van der Waals surface area contributed by atoms with E-state index in [1.54, 1.807) is 13.0 Å². The van der Waals surface area contributed by atoms with Crippen molar-refractivity contribution in [2.75, 3.05) is 6.61 Å². The van der Waals surface area contributed by atoms with Gasteiger partial charge in [0.25, 0.3) is 0 Å². The summed E-state index contributed by atoms with van der Waals surface area (Å²) >= 11 is 9.20. The van der Waals surface area contributed by atoms with Crippen LogP contribution in [0.4, 0.5) is 0 Å². The Kier molecular flexibility index (Phi) is 3.11. The second kappa shape index (κ2) is 4.39. The summed E-state index contributed by atoms with van der Waals surface area (Å²) in [6.07, 6.45) is 1.31. The first-order valence-electron chi connectivity index (χ1n) is 4.50. The molecule has 2 aromatic rings. The maximum atomic E-state index is 11.7. The predicted octanol–water partition coefficient (Wildman–Crippen LogP) is 2.32. The molecule has 0 saturated carbocycles. The van der Waals surface area contributed by atoms with Gasteiger partial charge in [0, 0.05) is 0 Å². The minimum atomic E-state index is -0.442. The second-order valence-electron chi connectivity index (χ2n) is 2.91. The lowest BCUT2D eigenvalue weighted by molar-refractivity contribution is 0.0528. The molecule has 0 aromatic carbocycles. The largest absolute Gasteiger partial charge is 0.462 e. The average molecular weight is 305 g/mol. The monoisotopic (exact) mass is 303 g/mol. The van der Waals surface area contributed by atoms with Crippen molar-refractivity contribution in [2.24, 2.45) is 0 Å². The molecule has 0 spiro atoms. The van der Waals surface area contributed by atoms with E-state index < -0.39 is 5.97 Å². The van der Waals surface area contributed by atoms with Crippen LogP contribution in [0, 0.1) is 0 Å². The number of ether oxygens (including phenoxy) is 1. The van der Waals surface area contributed by atoms with Gasteiger partial charge in [-0.15, -0.1) is 0 Å². The molecule has 0 fully saturated rings. The standard InChI is InChI=1S/C9H7BrClN3O2/c1-2-16-9(15)5-3-6(10)14-7(5)8(11)12-4-13-14/h3-4H,2H2,1H3. The fourth-order valence-electron chi connectivity index (χ4n) is 1.33. The van der Waals surface area contributed by atoms with E-state index >= 15 is 0 Å². The van der Waals surface area contributed by atoms with E-state index in [-0.39, 0.29) is 5.15 Å². The van der Waals surface area contributed by atoms with Gasteiger partial charge in [0.1, 0.15) is 16.4 Å². The van der Waals surface area contributed by atoms with Gasteiger partial charge in [0.05, 0.1) is 12.2 Å². The minimum Gasteiger partial charge on any atom is -0.462 e. The van der Waals surface area contributed by atoms with Gasteiger partial charge in [-0.2, -0.15) is 5.10 Å². The smallest absolute Gasteiger partial charge is 0.340 e. The van der Waals surface area contributed by atoms with Gasteiger partial charge in [-0.1, -0.05) is 11.6 Å². The van der Waals surface area contributed by atoms with Crippen molar-refractivity contribution in [3.8, 4) is 0 Å². The maximum Gasteiger partial charge on any atom is 0.340 e. The van der Waals surface area contributed by atoms with Crippen LogP contribution in [0.1, 0.15) is 17.3 Å². The molecule has 0 unspecified atom stereocenters. The summed E-state index contributed by atoms with van der Waals surface area (Å²) in [5, 5.41) is 4.18. The third-order valence-corrected chi connectivity index (χ3v) is 2.80. The van der Waals surface area contributed by atoms with Crippen LogP contribution in [0.25, 0.3) is 5.52 Å². The lowest BCUT2D eigenvalue weighted by Gasteiger charge is -2.00. The molecular formula is C9H7BrClN3O2. The lowest BCUT2D eigenvalue weighted by Crippen LogP contribution is -2.05. The van der Waals surface area contributed by atoms with Gasteiger partial charge in [-0.25, -0.2) is 14.3 Å². The SMILES string of the molecule is CCOC(=O)c1cc(Br)n2ncnc(Cl)c12. The van der Waals surface area contributed by atoms with E-state index in [2.05, 4.69) is 26.0 Å². The molecule has 16 heavy (non-hydrogen) atoms. The molecule has 0 aliphatic carbocycles. The highest BCUT2D eigenvalue weighted by atomic mass is 79.9. The topological polar surface area (TPSA) is 56.5 Å². The molecule has 7 heteroatoms. The first-order valence-corrected chi connectivity index (χ1v) is 5.67. The minimum absolute atomic E-state index is 0.212. The highest BCUT2D eigenvalue weighted by molar-refractivity contribution is 9.10. The summed E-state index contributed by atoms with van der Waals surface area (Å²) in [6.45, 7) is 2.04. The number of carbonyl (C=O) groups is 1. The van der Waals surface area contributed by atoms with Gasteiger partial charge in [0.15, 0.2) is 5.15 Å². The molecule has 0 bridgehead atoms. The van der Waals surface area contributed by atoms with Crippen LogP contribution in [0.2, 0.25) is 5.15 Å². The second-order valence-corrected chi connectivity index (χ2v) is 4.08. The van der Waals surface area contributed by atoms with Gasteiger partial charge >= 0.3 is 5.97 Å². The van der Waals surface area contributed by atoms with Crippen LogP contribution in [0.3, 0.4) is 0 Å². The Morgan fingerprint density at radius 1 is 1.69 bits per heavy atom. The van der Waals surface area contributed by atoms with E-state index in [4.69, 9.17) is 16.3 Å². The van der Waals surface area contributed by atoms with Crippen molar-refractivity contribution in [2.45, 2.75) is 6.92 Å². The molecule has 2 rings (SSSR count). The molecule has 0 aliphatic rings. The third-order valence-electron chi connectivity index (χ3n) is 1.96. The van der Waals surface area contributed by atoms with E-state index in [9.17, 15) is 4.79 Å². The van der Waals surface area contributed by atoms with Gasteiger partial charge in [0.2, 0.25) is 0 Å². The zero-order valence-corrected chi connectivity index (χ0v) is 10.6. The lowest BCUT2D eigenvalue weighted by atomic mass is 10.3. The molecule has 0 amide bonds. The first-order chi connectivity index (χ1) is 7.65. The van der Waals surface area contributed by atoms with E-state index in [0.29, 0.717) is 22.3 Å². The van der Waals surface area contributed by atoms with Crippen LogP contribution in [0.15, 0.2) is 17.0 Å². The van der Waals surface area contributed by atoms with Crippen molar-refractivity contribution in [3.05, 3.63) is 27.7 Å². The number of esters is 1. The summed E-state index contributed by atoms with van der Waals surface area (Å²) in [7, 11) is 0. The number of rotatable bonds is 2. The number of hydrogen-bond acceptors (Lipinski definition) is 4. The van der Waals surface area contributed by atoms with Crippen LogP contribution in [-0.4, -0.2) is 27.2 Å². The number of carbonyl (C=O) groups excluding carboxylic acids is 1. The zero-order valence-electron chi connectivity index (χ0n) is 8.28. The molecule has 0 radical (unpaired) electrons. The maximum absolute atomic E-state index is 11.7. The van der Waals surface area contributed by atoms with Gasteiger partial charge in [-0.05, 0) is 28.9 Å². The number of aromatic nitrogens is 3. The third kappa shape index (κ3) is 1.78. The Bertz CT molecular complexity index is 555. The molecule has 0 saturated heterocycles. The molecule has 5 nitrogen and oxygen atoms in total. The van der Waals surface area contributed by atoms with Crippen molar-refractivity contribution in [3.63, 3.8) is 0 Å². The quantitative estimate of drug-likeness (QED) is 0.799. The molecule has 84 valence electrons. The molecule has 0 N–H and O–H groups in total. The van der Waals surface area contributed by atoms with Crippen LogP contribution < -0.4 is 0 Å². The fourth-order valence-corrected chi connectivity index (χ4v) is 2.06. The average Bonchev–Trinajstić information content (AvgIpc) is 2.58. The van der Waals surface area contributed by atoms with E-state index in [1.807, 2.05) is 0 Å². The summed E-state index contributed by atoms with van der Waals surface area (Å²) < 4.78 is 7.02. The summed E-state index contributed by atoms with van der Waals surface area (Å²) in [6, 6.07) is 1.61. The van der Waals surface area contributed by atoms with Crippen molar-refractivity contribution in [1.82, 2.24) is 14.6 Å². The molecule has 0 atom stereocenters. The van der Waals surface area contributed by atoms with Crippen molar-refractivity contribution < 1.29 is 9.53 Å². The van der Waals surface area contributed by atoms with E-state index in [0.717, 1.165) is 0 Å². The molecule has 2 heterocycles. The van der Waals surface area contributed by atoms with E-state index in [1.165, 1.54) is 10.8 Å². The Morgan fingerprint density at radius 3 is 3.12 bits per heavy atom. The number of fused-ring (bicyclic) bond motifs is 1. The fraction of sp³-hybridized carbons (Fsp3) is 0.222. The first kappa shape index (κ1) is 11.3. The summed E-state index contributed by atoms with van der Waals surface area (Å²) in [5.74, 6) is -0.442. The molecular weight excluding hydrogens is 297 g/mol. The summed E-state index contributed by atoms with van der Waals surface area (Å²) in [5.41, 5.74) is 0.786. The Morgan fingerprint density at radius 2 is 2.44 bits per heavy atom. The van der Waals surface area contributed by atoms with Gasteiger partial charge < -0.3 is 4.74 Å². The van der Waals surface area contributed by atoms with Crippen molar-refractivity contribution >= 4 is 39.0 Å². The van der Waals surface area contributed by atoms with Gasteiger partial charge in [-0.3, -0.25) is 0 Å². The molecule has 2 aromatic heterocycles. The number of nitrogens with zero attached hydrogens (tertiary/aromatic N) is 3. The Hall–Kier alpha value is -1.14. The highest BCUT2D eigenvalue weighted by Gasteiger charge is 2.19. The Labute approximate surface area is 104 Å². The normalized spacial score (nSPS) is 10.7.